The lowest BCUT2D eigenvalue weighted by Gasteiger charge is -2.33. The topological polar surface area (TPSA) is 117 Å². The number of nitrogens with zero attached hydrogens (tertiary/aromatic N) is 1. The van der Waals surface area contributed by atoms with Gasteiger partial charge in [0.2, 0.25) is 5.91 Å². The van der Waals surface area contributed by atoms with Crippen molar-refractivity contribution in [1.29, 1.82) is 0 Å². The highest BCUT2D eigenvalue weighted by Crippen LogP contribution is 2.34. The molecule has 1 aliphatic heterocycles. The van der Waals surface area contributed by atoms with Crippen molar-refractivity contribution in [3.05, 3.63) is 17.7 Å². The predicted molar refractivity (Wildman–Crippen MR) is 94.9 cm³/mol. The van der Waals surface area contributed by atoms with Gasteiger partial charge >= 0.3 is 5.97 Å². The van der Waals surface area contributed by atoms with Gasteiger partial charge in [0.25, 0.3) is 5.91 Å². The second-order valence-electron chi connectivity index (χ2n) is 5.98. The van der Waals surface area contributed by atoms with E-state index in [9.17, 15) is 14.4 Å². The third-order valence-electron chi connectivity index (χ3n) is 4.40. The van der Waals surface area contributed by atoms with Crippen molar-refractivity contribution in [2.75, 3.05) is 34.5 Å². The van der Waals surface area contributed by atoms with Crippen LogP contribution in [0.1, 0.15) is 29.6 Å². The Morgan fingerprint density at radius 2 is 1.67 bits per heavy atom. The number of amides is 2. The Balaban J connectivity index is 2.10. The first-order valence-electron chi connectivity index (χ1n) is 8.48. The van der Waals surface area contributed by atoms with Gasteiger partial charge in [-0.2, -0.15) is 0 Å². The van der Waals surface area contributed by atoms with Crippen LogP contribution in [-0.4, -0.2) is 63.2 Å². The van der Waals surface area contributed by atoms with Gasteiger partial charge in [-0.3, -0.25) is 9.59 Å². The maximum atomic E-state index is 12.4. The summed E-state index contributed by atoms with van der Waals surface area (Å²) >= 11 is 0. The fourth-order valence-electron chi connectivity index (χ4n) is 3.00. The molecule has 1 aromatic rings. The second-order valence-corrected chi connectivity index (χ2v) is 5.98. The van der Waals surface area contributed by atoms with E-state index in [1.54, 1.807) is 0 Å². The van der Waals surface area contributed by atoms with Gasteiger partial charge in [0, 0.05) is 18.7 Å². The van der Waals surface area contributed by atoms with E-state index in [0.717, 1.165) is 12.8 Å². The molecule has 1 heterocycles. The summed E-state index contributed by atoms with van der Waals surface area (Å²) in [5.41, 5.74) is 5.45. The summed E-state index contributed by atoms with van der Waals surface area (Å²) in [6.07, 6.45) is 2.10. The Bertz CT molecular complexity index is 720. The number of hydrogen-bond acceptors (Lipinski definition) is 7. The number of carbonyl (C=O) groups excluding carboxylic acids is 3. The number of hydrogen-bond donors (Lipinski definition) is 1. The molecule has 0 saturated carbocycles. The van der Waals surface area contributed by atoms with Crippen molar-refractivity contribution >= 4 is 17.8 Å². The van der Waals surface area contributed by atoms with E-state index in [4.69, 9.17) is 24.7 Å². The molecule has 2 N–H and O–H groups in total. The molecule has 148 valence electrons. The number of carbonyl (C=O) groups is 3. The van der Waals surface area contributed by atoms with Crippen LogP contribution in [0.25, 0.3) is 0 Å². The molecule has 1 aliphatic rings. The summed E-state index contributed by atoms with van der Waals surface area (Å²) < 4.78 is 20.7. The van der Waals surface area contributed by atoms with Gasteiger partial charge in [-0.1, -0.05) is 0 Å². The lowest BCUT2D eigenvalue weighted by atomic mass is 10.0. The van der Waals surface area contributed by atoms with Crippen LogP contribution < -0.4 is 19.9 Å². The summed E-state index contributed by atoms with van der Waals surface area (Å²) in [5, 5.41) is 0. The Morgan fingerprint density at radius 3 is 2.26 bits per heavy atom. The average Bonchev–Trinajstić information content (AvgIpc) is 2.70. The molecule has 9 heteroatoms. The van der Waals surface area contributed by atoms with Crippen molar-refractivity contribution in [2.45, 2.75) is 25.3 Å². The molecule has 1 aromatic carbocycles. The molecule has 0 spiro atoms. The molecule has 0 radical (unpaired) electrons. The Labute approximate surface area is 157 Å². The van der Waals surface area contributed by atoms with Crippen molar-refractivity contribution in [3.8, 4) is 17.2 Å². The maximum absolute atomic E-state index is 12.4. The summed E-state index contributed by atoms with van der Waals surface area (Å²) in [6.45, 7) is -0.0935. The molecule has 9 nitrogen and oxygen atoms in total. The molecule has 27 heavy (non-hydrogen) atoms. The summed E-state index contributed by atoms with van der Waals surface area (Å²) in [6, 6.07) is 2.24. The number of ether oxygens (including phenoxy) is 4. The lowest BCUT2D eigenvalue weighted by Crippen LogP contribution is -2.51. The highest BCUT2D eigenvalue weighted by atomic mass is 16.5. The molecular weight excluding hydrogens is 356 g/mol. The van der Waals surface area contributed by atoms with E-state index in [-0.39, 0.29) is 11.3 Å². The summed E-state index contributed by atoms with van der Waals surface area (Å²) in [5.74, 6) is -0.852. The molecule has 0 aliphatic carbocycles. The van der Waals surface area contributed by atoms with E-state index in [1.807, 2.05) is 0 Å². The van der Waals surface area contributed by atoms with E-state index < -0.39 is 30.4 Å². The minimum absolute atomic E-state index is 0.0908. The third-order valence-corrected chi connectivity index (χ3v) is 4.40. The van der Waals surface area contributed by atoms with E-state index in [1.165, 1.54) is 38.4 Å². The van der Waals surface area contributed by atoms with Gasteiger partial charge in [0.1, 0.15) is 17.4 Å². The molecule has 0 unspecified atom stereocenters. The fraction of sp³-hybridized carbons (Fsp3) is 0.500. The van der Waals surface area contributed by atoms with Crippen LogP contribution in [0.4, 0.5) is 0 Å². The minimum atomic E-state index is -0.756. The van der Waals surface area contributed by atoms with E-state index in [0.29, 0.717) is 24.5 Å². The van der Waals surface area contributed by atoms with Crippen LogP contribution in [0, 0.1) is 0 Å². The molecule has 1 fully saturated rings. The SMILES string of the molecule is COc1cc(OC)c(C(=O)OCC(=O)N2CCCC[C@@H]2C(N)=O)cc1OC. The smallest absolute Gasteiger partial charge is 0.342 e. The molecule has 0 aromatic heterocycles. The normalized spacial score (nSPS) is 16.4. The van der Waals surface area contributed by atoms with Gasteiger partial charge in [-0.05, 0) is 19.3 Å². The highest BCUT2D eigenvalue weighted by Gasteiger charge is 2.31. The minimum Gasteiger partial charge on any atom is -0.496 e. The van der Waals surface area contributed by atoms with Gasteiger partial charge in [-0.15, -0.1) is 0 Å². The highest BCUT2D eigenvalue weighted by molar-refractivity contribution is 5.95. The van der Waals surface area contributed by atoms with Crippen LogP contribution >= 0.6 is 0 Å². The zero-order valence-corrected chi connectivity index (χ0v) is 15.6. The number of rotatable bonds is 7. The van der Waals surface area contributed by atoms with Crippen molar-refractivity contribution in [3.63, 3.8) is 0 Å². The standard InChI is InChI=1S/C18H24N2O7/c1-24-13-9-15(26-3)14(25-2)8-11(13)18(23)27-10-16(21)20-7-5-4-6-12(20)17(19)22/h8-9,12H,4-7,10H2,1-3H3,(H2,19,22)/t12-/m1/s1. The summed E-state index contributed by atoms with van der Waals surface area (Å²) in [4.78, 5) is 37.7. The second kappa shape index (κ2) is 9.11. The first kappa shape index (κ1) is 20.3. The number of primary amides is 1. The molecule has 0 bridgehead atoms. The fourth-order valence-corrected chi connectivity index (χ4v) is 3.00. The van der Waals surface area contributed by atoms with Crippen molar-refractivity contribution in [2.24, 2.45) is 5.73 Å². The number of esters is 1. The molecule has 2 amide bonds. The summed E-state index contributed by atoms with van der Waals surface area (Å²) in [7, 11) is 4.29. The van der Waals surface area contributed by atoms with Crippen LogP contribution in [0.15, 0.2) is 12.1 Å². The zero-order chi connectivity index (χ0) is 20.0. The zero-order valence-electron chi connectivity index (χ0n) is 15.6. The number of nitrogens with two attached hydrogens (primary N) is 1. The largest absolute Gasteiger partial charge is 0.496 e. The van der Waals surface area contributed by atoms with Crippen LogP contribution in [0.5, 0.6) is 17.2 Å². The van der Waals surface area contributed by atoms with Crippen molar-refractivity contribution < 1.29 is 33.3 Å². The third kappa shape index (κ3) is 4.60. The monoisotopic (exact) mass is 380 g/mol. The first-order valence-corrected chi connectivity index (χ1v) is 8.48. The lowest BCUT2D eigenvalue weighted by molar-refractivity contribution is -0.143. The Morgan fingerprint density at radius 1 is 1.04 bits per heavy atom. The van der Waals surface area contributed by atoms with Crippen molar-refractivity contribution in [1.82, 2.24) is 4.90 Å². The number of likely N-dealkylation sites (tertiary alicyclic amines) is 1. The predicted octanol–water partition coefficient (Wildman–Crippen LogP) is 0.736. The molecule has 1 atom stereocenters. The van der Waals surface area contributed by atoms with Gasteiger partial charge in [0.05, 0.1) is 21.3 Å². The van der Waals surface area contributed by atoms with E-state index >= 15 is 0 Å². The first-order chi connectivity index (χ1) is 12.9. The maximum Gasteiger partial charge on any atom is 0.342 e. The average molecular weight is 380 g/mol. The van der Waals surface area contributed by atoms with Crippen LogP contribution in [0.2, 0.25) is 0 Å². The molecule has 1 saturated heterocycles. The number of piperidine rings is 1. The van der Waals surface area contributed by atoms with Gasteiger partial charge in [-0.25, -0.2) is 4.79 Å². The van der Waals surface area contributed by atoms with Crippen LogP contribution in [0.3, 0.4) is 0 Å². The van der Waals surface area contributed by atoms with E-state index in [2.05, 4.69) is 0 Å². The molecule has 2 rings (SSSR count). The number of benzene rings is 1. The van der Waals surface area contributed by atoms with Gasteiger partial charge < -0.3 is 29.6 Å². The van der Waals surface area contributed by atoms with Gasteiger partial charge in [0.15, 0.2) is 18.1 Å². The number of methoxy groups -OCH3 is 3. The Kier molecular flexibility index (Phi) is 6.86. The Hall–Kier alpha value is -2.97. The quantitative estimate of drug-likeness (QED) is 0.693. The molecular formula is C18H24N2O7. The van der Waals surface area contributed by atoms with Crippen LogP contribution in [-0.2, 0) is 14.3 Å².